The molecular formula is C11H12NOSY-. The number of carbonyl (C=O) groups excluding carboxylic acids is 1. The van der Waals surface area contributed by atoms with Crippen molar-refractivity contribution in [3.63, 3.8) is 0 Å². The molecule has 0 aliphatic rings. The van der Waals surface area contributed by atoms with Crippen LogP contribution in [0.1, 0.15) is 18.1 Å². The quantitative estimate of drug-likeness (QED) is 0.452. The Labute approximate surface area is 120 Å². The summed E-state index contributed by atoms with van der Waals surface area (Å²) in [5.41, 5.74) is 2.00. The molecule has 0 heterocycles. The minimum absolute atomic E-state index is 0. The van der Waals surface area contributed by atoms with Crippen molar-refractivity contribution >= 4 is 22.7 Å². The first kappa shape index (κ1) is 15.0. The molecule has 0 saturated heterocycles. The molecule has 1 radical (unpaired) electrons. The summed E-state index contributed by atoms with van der Waals surface area (Å²) in [5, 5.41) is 0.732. The Balaban J connectivity index is 0.00000196. The average molecular weight is 295 g/mol. The van der Waals surface area contributed by atoms with Crippen molar-refractivity contribution in [3.8, 4) is 0 Å². The van der Waals surface area contributed by atoms with E-state index in [-0.39, 0.29) is 38.6 Å². The normalized spacial score (nSPS) is 10.7. The number of hydrogen-bond acceptors (Lipinski definition) is 2. The zero-order valence-corrected chi connectivity index (χ0v) is 12.7. The second-order valence-corrected chi connectivity index (χ2v) is 3.66. The van der Waals surface area contributed by atoms with E-state index in [1.54, 1.807) is 0 Å². The number of amides is 1. The maximum Gasteiger partial charge on any atom is 0.234 e. The molecule has 0 aromatic heterocycles. The second-order valence-electron chi connectivity index (χ2n) is 2.87. The number of benzene rings is 1. The Morgan fingerprint density at radius 1 is 1.53 bits per heavy atom. The molecular weight excluding hydrogens is 283 g/mol. The fraction of sp³-hybridized carbons (Fsp3) is 0.273. The minimum Gasteiger partial charge on any atom is -0.274 e. The maximum absolute atomic E-state index is 10.9. The van der Waals surface area contributed by atoms with E-state index >= 15 is 0 Å². The van der Waals surface area contributed by atoms with E-state index in [0.29, 0.717) is 0 Å². The molecule has 0 fully saturated rings. The van der Waals surface area contributed by atoms with Gasteiger partial charge in [0.25, 0.3) is 0 Å². The Morgan fingerprint density at radius 2 is 2.20 bits per heavy atom. The second kappa shape index (κ2) is 7.31. The summed E-state index contributed by atoms with van der Waals surface area (Å²) in [4.78, 5) is 14.8. The molecule has 1 aromatic carbocycles. The summed E-state index contributed by atoms with van der Waals surface area (Å²) in [6.07, 6.45) is 1.90. The molecule has 0 spiro atoms. The number of aryl methyl sites for hydroxylation is 1. The Kier molecular flexibility index (Phi) is 7.32. The standard InChI is InChI=1S/C11H12NOS.Y/c1-8-6-4-5-7-10(8)11(14-3)12-9(2)13;/h4-6H,1-3H3;/q-1;. The third kappa shape index (κ3) is 4.58. The zero-order valence-electron chi connectivity index (χ0n) is 9.07. The van der Waals surface area contributed by atoms with Gasteiger partial charge in [0.2, 0.25) is 5.91 Å². The first-order chi connectivity index (χ1) is 6.65. The minimum atomic E-state index is -0.175. The topological polar surface area (TPSA) is 29.4 Å². The monoisotopic (exact) mass is 295 g/mol. The maximum atomic E-state index is 10.9. The molecule has 0 atom stereocenters. The number of nitrogens with zero attached hydrogens (tertiary/aromatic N) is 1. The van der Waals surface area contributed by atoms with E-state index in [9.17, 15) is 4.79 Å². The van der Waals surface area contributed by atoms with E-state index in [2.05, 4.69) is 11.1 Å². The Hall–Kier alpha value is 0.0139. The van der Waals surface area contributed by atoms with Gasteiger partial charge >= 0.3 is 0 Å². The fourth-order valence-electron chi connectivity index (χ4n) is 1.10. The van der Waals surface area contributed by atoms with Crippen LogP contribution in [0.15, 0.2) is 23.2 Å². The summed E-state index contributed by atoms with van der Waals surface area (Å²) in [6.45, 7) is 3.44. The van der Waals surface area contributed by atoms with Crippen LogP contribution in [0.3, 0.4) is 0 Å². The molecule has 0 unspecified atom stereocenters. The fourth-order valence-corrected chi connectivity index (χ4v) is 1.74. The van der Waals surface area contributed by atoms with Crippen molar-refractivity contribution in [3.05, 3.63) is 35.4 Å². The summed E-state index contributed by atoms with van der Waals surface area (Å²) in [5.74, 6) is -0.175. The van der Waals surface area contributed by atoms with Crippen molar-refractivity contribution in [1.82, 2.24) is 0 Å². The van der Waals surface area contributed by atoms with Crippen molar-refractivity contribution in [2.24, 2.45) is 4.99 Å². The third-order valence-corrected chi connectivity index (χ3v) is 2.41. The van der Waals surface area contributed by atoms with Gasteiger partial charge in [0.15, 0.2) is 0 Å². The molecule has 0 bridgehead atoms. The van der Waals surface area contributed by atoms with Gasteiger partial charge in [-0.3, -0.25) is 9.79 Å². The number of carbonyl (C=O) groups is 1. The van der Waals surface area contributed by atoms with Crippen molar-refractivity contribution in [2.75, 3.05) is 6.26 Å². The SMILES string of the molecule is CSC(=NC(C)=O)c1[c-]cccc1C.[Y]. The average Bonchev–Trinajstić information content (AvgIpc) is 2.15. The van der Waals surface area contributed by atoms with Crippen LogP contribution >= 0.6 is 11.8 Å². The largest absolute Gasteiger partial charge is 0.274 e. The summed E-state index contributed by atoms with van der Waals surface area (Å²) in [7, 11) is 0. The van der Waals surface area contributed by atoms with Crippen LogP contribution < -0.4 is 0 Å². The van der Waals surface area contributed by atoms with Crippen LogP contribution in [-0.2, 0) is 37.5 Å². The Bertz CT molecular complexity index is 377. The van der Waals surface area contributed by atoms with E-state index in [1.807, 2.05) is 31.4 Å². The van der Waals surface area contributed by atoms with E-state index in [0.717, 1.165) is 16.2 Å². The van der Waals surface area contributed by atoms with Gasteiger partial charge in [-0.25, -0.2) is 0 Å². The number of aliphatic imine (C=N–C) groups is 1. The molecule has 0 aliphatic heterocycles. The zero-order chi connectivity index (χ0) is 10.6. The van der Waals surface area contributed by atoms with Gasteiger partial charge in [0, 0.05) is 44.7 Å². The summed E-state index contributed by atoms with van der Waals surface area (Å²) < 4.78 is 0. The van der Waals surface area contributed by atoms with Crippen LogP contribution in [0, 0.1) is 13.0 Å². The molecule has 0 N–H and O–H groups in total. The smallest absolute Gasteiger partial charge is 0.234 e. The van der Waals surface area contributed by atoms with Crippen LogP contribution in [0.25, 0.3) is 0 Å². The van der Waals surface area contributed by atoms with Crippen LogP contribution in [0.4, 0.5) is 0 Å². The van der Waals surface area contributed by atoms with Gasteiger partial charge in [-0.1, -0.05) is 6.92 Å². The molecule has 0 saturated carbocycles. The molecule has 15 heavy (non-hydrogen) atoms. The van der Waals surface area contributed by atoms with Gasteiger partial charge < -0.3 is 0 Å². The van der Waals surface area contributed by atoms with Gasteiger partial charge in [-0.05, 0) is 6.26 Å². The number of hydrogen-bond donors (Lipinski definition) is 0. The molecule has 1 rings (SSSR count). The van der Waals surface area contributed by atoms with E-state index in [4.69, 9.17) is 0 Å². The van der Waals surface area contributed by atoms with Gasteiger partial charge in [0.1, 0.15) is 0 Å². The molecule has 2 nitrogen and oxygen atoms in total. The van der Waals surface area contributed by atoms with Crippen LogP contribution in [-0.4, -0.2) is 17.2 Å². The Morgan fingerprint density at radius 3 is 2.67 bits per heavy atom. The summed E-state index contributed by atoms with van der Waals surface area (Å²) >= 11 is 1.46. The van der Waals surface area contributed by atoms with Crippen molar-refractivity contribution in [1.29, 1.82) is 0 Å². The number of rotatable bonds is 1. The van der Waals surface area contributed by atoms with Crippen LogP contribution in [0.5, 0.6) is 0 Å². The molecule has 77 valence electrons. The van der Waals surface area contributed by atoms with Gasteiger partial charge in [-0.15, -0.1) is 35.4 Å². The predicted molar refractivity (Wildman–Crippen MR) is 60.7 cm³/mol. The van der Waals surface area contributed by atoms with Crippen molar-refractivity contribution in [2.45, 2.75) is 13.8 Å². The van der Waals surface area contributed by atoms with Crippen molar-refractivity contribution < 1.29 is 37.5 Å². The molecule has 1 aromatic rings. The predicted octanol–water partition coefficient (Wildman–Crippen LogP) is 2.45. The first-order valence-electron chi connectivity index (χ1n) is 4.26. The number of thioether (sulfide) groups is 1. The summed E-state index contributed by atoms with van der Waals surface area (Å²) in [6, 6.07) is 8.82. The van der Waals surface area contributed by atoms with E-state index < -0.39 is 0 Å². The van der Waals surface area contributed by atoms with Gasteiger partial charge in [-0.2, -0.15) is 11.8 Å². The first-order valence-corrected chi connectivity index (χ1v) is 5.48. The van der Waals surface area contributed by atoms with Crippen LogP contribution in [0.2, 0.25) is 0 Å². The molecule has 1 amide bonds. The molecule has 4 heteroatoms. The third-order valence-electron chi connectivity index (χ3n) is 1.73. The molecule has 0 aliphatic carbocycles. The van der Waals surface area contributed by atoms with Gasteiger partial charge in [0.05, 0.1) is 0 Å². The van der Waals surface area contributed by atoms with E-state index in [1.165, 1.54) is 18.7 Å².